The number of hydrogen-bond acceptors (Lipinski definition) is 3. The fourth-order valence-corrected chi connectivity index (χ4v) is 3.67. The molecule has 5 nitrogen and oxygen atoms in total. The molecule has 1 amide bonds. The summed E-state index contributed by atoms with van der Waals surface area (Å²) in [6, 6.07) is 10.1. The molecule has 7 heteroatoms. The highest BCUT2D eigenvalue weighted by molar-refractivity contribution is 7.92. The number of nitrogens with zero attached hydrogens (tertiary/aromatic N) is 1. The summed E-state index contributed by atoms with van der Waals surface area (Å²) in [6.07, 6.45) is 0.829. The maximum atomic E-state index is 13.6. The lowest BCUT2D eigenvalue weighted by Gasteiger charge is -2.26. The average Bonchev–Trinajstić information content (AvgIpc) is 2.53. The molecule has 0 unspecified atom stereocenters. The van der Waals surface area contributed by atoms with Crippen molar-refractivity contribution < 1.29 is 17.6 Å². The smallest absolute Gasteiger partial charge is 0.261 e. The maximum absolute atomic E-state index is 13.6. The van der Waals surface area contributed by atoms with Crippen molar-refractivity contribution in [2.75, 3.05) is 16.7 Å². The molecule has 0 saturated heterocycles. The number of benzene rings is 2. The molecule has 120 valence electrons. The zero-order chi connectivity index (χ0) is 16.6. The van der Waals surface area contributed by atoms with Gasteiger partial charge in [0.15, 0.2) is 0 Å². The predicted molar refractivity (Wildman–Crippen MR) is 85.4 cm³/mol. The molecule has 0 atom stereocenters. The summed E-state index contributed by atoms with van der Waals surface area (Å²) in [7, 11) is -2.23. The van der Waals surface area contributed by atoms with E-state index in [0.717, 1.165) is 5.56 Å². The molecule has 0 spiro atoms. The highest BCUT2D eigenvalue weighted by atomic mass is 32.2. The van der Waals surface area contributed by atoms with E-state index in [4.69, 9.17) is 0 Å². The third-order valence-corrected chi connectivity index (χ3v) is 5.19. The monoisotopic (exact) mass is 334 g/mol. The molecule has 1 heterocycles. The topological polar surface area (TPSA) is 66.5 Å². The molecule has 0 bridgehead atoms. The Hall–Kier alpha value is -2.41. The van der Waals surface area contributed by atoms with Crippen molar-refractivity contribution in [2.24, 2.45) is 0 Å². The molecule has 0 aromatic heterocycles. The van der Waals surface area contributed by atoms with E-state index in [2.05, 4.69) is 4.72 Å². The quantitative estimate of drug-likeness (QED) is 0.938. The first-order valence-corrected chi connectivity index (χ1v) is 8.53. The first-order valence-electron chi connectivity index (χ1n) is 7.05. The van der Waals surface area contributed by atoms with Crippen LogP contribution in [-0.4, -0.2) is 21.4 Å². The molecular formula is C16H15FN2O3S. The van der Waals surface area contributed by atoms with Gasteiger partial charge in [-0.05, 0) is 42.3 Å². The molecule has 2 aromatic carbocycles. The summed E-state index contributed by atoms with van der Waals surface area (Å²) in [6.45, 7) is 0. The molecule has 23 heavy (non-hydrogen) atoms. The second-order valence-corrected chi connectivity index (χ2v) is 7.01. The number of carbonyl (C=O) groups excluding carboxylic acids is 1. The van der Waals surface area contributed by atoms with Gasteiger partial charge in [0.1, 0.15) is 5.82 Å². The van der Waals surface area contributed by atoms with Gasteiger partial charge in [0, 0.05) is 19.2 Å². The molecule has 1 aliphatic heterocycles. The van der Waals surface area contributed by atoms with Gasteiger partial charge in [0.2, 0.25) is 5.91 Å². The predicted octanol–water partition coefficient (Wildman–Crippen LogP) is 2.54. The SMILES string of the molecule is CN1C(=O)CCc2cc(S(=O)(=O)Nc3ccccc3F)ccc21. The van der Waals surface area contributed by atoms with Crippen LogP contribution in [0.1, 0.15) is 12.0 Å². The molecule has 0 radical (unpaired) electrons. The Balaban J connectivity index is 1.95. The van der Waals surface area contributed by atoms with Crippen LogP contribution >= 0.6 is 0 Å². The Morgan fingerprint density at radius 1 is 1.13 bits per heavy atom. The number of anilines is 2. The number of aryl methyl sites for hydroxylation is 1. The number of amides is 1. The minimum Gasteiger partial charge on any atom is -0.315 e. The van der Waals surface area contributed by atoms with Crippen molar-refractivity contribution in [3.8, 4) is 0 Å². The van der Waals surface area contributed by atoms with Crippen LogP contribution in [0.15, 0.2) is 47.4 Å². The maximum Gasteiger partial charge on any atom is 0.261 e. The number of nitrogens with one attached hydrogen (secondary N) is 1. The number of sulfonamides is 1. The highest BCUT2D eigenvalue weighted by Crippen LogP contribution is 2.29. The highest BCUT2D eigenvalue weighted by Gasteiger charge is 2.24. The van der Waals surface area contributed by atoms with Crippen molar-refractivity contribution in [1.29, 1.82) is 0 Å². The van der Waals surface area contributed by atoms with Crippen LogP contribution in [0.25, 0.3) is 0 Å². The fraction of sp³-hybridized carbons (Fsp3) is 0.188. The summed E-state index contributed by atoms with van der Waals surface area (Å²) in [4.78, 5) is 13.2. The normalized spacial score (nSPS) is 14.5. The van der Waals surface area contributed by atoms with Crippen molar-refractivity contribution in [2.45, 2.75) is 17.7 Å². The molecule has 0 fully saturated rings. The number of rotatable bonds is 3. The average molecular weight is 334 g/mol. The second kappa shape index (κ2) is 5.66. The largest absolute Gasteiger partial charge is 0.315 e. The van der Waals surface area contributed by atoms with E-state index in [0.29, 0.717) is 18.5 Å². The van der Waals surface area contributed by atoms with Crippen LogP contribution < -0.4 is 9.62 Å². The molecule has 1 N–H and O–H groups in total. The van der Waals surface area contributed by atoms with Crippen LogP contribution in [0.3, 0.4) is 0 Å². The molecule has 2 aromatic rings. The summed E-state index contributed by atoms with van der Waals surface area (Å²) < 4.78 is 40.7. The van der Waals surface area contributed by atoms with Crippen LogP contribution in [-0.2, 0) is 21.2 Å². The molecule has 0 aliphatic carbocycles. The van der Waals surface area contributed by atoms with Crippen molar-refractivity contribution in [3.05, 3.63) is 53.8 Å². The lowest BCUT2D eigenvalue weighted by atomic mass is 10.0. The van der Waals surface area contributed by atoms with Crippen LogP contribution in [0.2, 0.25) is 0 Å². The molecule has 3 rings (SSSR count). The van der Waals surface area contributed by atoms with Gasteiger partial charge in [-0.2, -0.15) is 0 Å². The van der Waals surface area contributed by atoms with Gasteiger partial charge in [-0.3, -0.25) is 9.52 Å². The first-order chi connectivity index (χ1) is 10.9. The Morgan fingerprint density at radius 2 is 1.87 bits per heavy atom. The van der Waals surface area contributed by atoms with Gasteiger partial charge in [0.05, 0.1) is 10.6 Å². The summed E-state index contributed by atoms with van der Waals surface area (Å²) >= 11 is 0. The van der Waals surface area contributed by atoms with E-state index >= 15 is 0 Å². The summed E-state index contributed by atoms with van der Waals surface area (Å²) in [5.74, 6) is -0.642. The number of carbonyl (C=O) groups is 1. The fourth-order valence-electron chi connectivity index (χ4n) is 2.55. The van der Waals surface area contributed by atoms with E-state index in [9.17, 15) is 17.6 Å². The van der Waals surface area contributed by atoms with Crippen LogP contribution in [0, 0.1) is 5.82 Å². The second-order valence-electron chi connectivity index (χ2n) is 5.33. The van der Waals surface area contributed by atoms with E-state index in [-0.39, 0.29) is 16.5 Å². The number of para-hydroxylation sites is 1. The molecular weight excluding hydrogens is 319 g/mol. The Bertz CT molecular complexity index is 881. The van der Waals surface area contributed by atoms with E-state index < -0.39 is 15.8 Å². The van der Waals surface area contributed by atoms with Crippen molar-refractivity contribution >= 4 is 27.3 Å². The first kappa shape index (κ1) is 15.5. The van der Waals surface area contributed by atoms with Crippen molar-refractivity contribution in [3.63, 3.8) is 0 Å². The van der Waals surface area contributed by atoms with Gasteiger partial charge in [-0.25, -0.2) is 12.8 Å². The Labute approximate surface area is 133 Å². The number of halogens is 1. The lowest BCUT2D eigenvalue weighted by Crippen LogP contribution is -2.31. The van der Waals surface area contributed by atoms with E-state index in [1.54, 1.807) is 19.2 Å². The van der Waals surface area contributed by atoms with Gasteiger partial charge in [0.25, 0.3) is 10.0 Å². The number of hydrogen-bond donors (Lipinski definition) is 1. The Morgan fingerprint density at radius 3 is 2.61 bits per heavy atom. The summed E-state index contributed by atoms with van der Waals surface area (Å²) in [5, 5.41) is 0. The third-order valence-electron chi connectivity index (χ3n) is 3.82. The zero-order valence-electron chi connectivity index (χ0n) is 12.4. The van der Waals surface area contributed by atoms with E-state index in [1.807, 2.05) is 0 Å². The standard InChI is InChI=1S/C16H15FN2O3S/c1-19-15-8-7-12(10-11(15)6-9-16(19)20)23(21,22)18-14-5-3-2-4-13(14)17/h2-5,7-8,10,18H,6,9H2,1H3. The van der Waals surface area contributed by atoms with Crippen LogP contribution in [0.5, 0.6) is 0 Å². The summed E-state index contributed by atoms with van der Waals surface area (Å²) in [5.41, 5.74) is 1.38. The zero-order valence-corrected chi connectivity index (χ0v) is 13.2. The number of fused-ring (bicyclic) bond motifs is 1. The third kappa shape index (κ3) is 2.92. The van der Waals surface area contributed by atoms with Gasteiger partial charge in [-0.1, -0.05) is 12.1 Å². The molecule has 1 aliphatic rings. The Kier molecular flexibility index (Phi) is 3.81. The van der Waals surface area contributed by atoms with Gasteiger partial charge >= 0.3 is 0 Å². The minimum atomic E-state index is -3.89. The van der Waals surface area contributed by atoms with Crippen LogP contribution in [0.4, 0.5) is 15.8 Å². The molecule has 0 saturated carbocycles. The lowest BCUT2D eigenvalue weighted by molar-refractivity contribution is -0.118. The van der Waals surface area contributed by atoms with E-state index in [1.165, 1.54) is 35.2 Å². The minimum absolute atomic E-state index is 0.00223. The van der Waals surface area contributed by atoms with Gasteiger partial charge < -0.3 is 4.90 Å². The van der Waals surface area contributed by atoms with Crippen molar-refractivity contribution in [1.82, 2.24) is 0 Å². The van der Waals surface area contributed by atoms with Gasteiger partial charge in [-0.15, -0.1) is 0 Å².